The fourth-order valence-electron chi connectivity index (χ4n) is 5.12. The number of hydrogen-bond donors (Lipinski definition) is 4. The molecular formula is C33H40N4O6. The van der Waals surface area contributed by atoms with Crippen LogP contribution >= 0.6 is 0 Å². The molecule has 0 saturated heterocycles. The maximum atomic E-state index is 14.4. The van der Waals surface area contributed by atoms with Crippen LogP contribution in [-0.4, -0.2) is 51.5 Å². The molecule has 0 spiro atoms. The molecule has 1 aliphatic carbocycles. The van der Waals surface area contributed by atoms with Gasteiger partial charge in [-0.2, -0.15) is 0 Å². The molecule has 3 aromatic rings. The van der Waals surface area contributed by atoms with Gasteiger partial charge in [-0.3, -0.25) is 14.4 Å². The van der Waals surface area contributed by atoms with E-state index in [9.17, 15) is 24.3 Å². The maximum absolute atomic E-state index is 14.4. The first-order chi connectivity index (χ1) is 20.3. The first-order valence-electron chi connectivity index (χ1n) is 14.5. The highest BCUT2D eigenvalue weighted by molar-refractivity contribution is 6.00. The standard InChI is InChI=1S/C33H40N4O6/c1-20-18-23(13-16-27(20)38)29(30(40)35-24-14-12-21-8-5-6-9-22(21)19-24)37(25-10-7-11-25)31(41)26(15-17-28(34)39)36-32(42)43-33(2,3)4/h5-6,8-9,12-14,16,18-19,25-26,29,38H,7,10-11,15,17H2,1-4H3,(H2,34,39)(H,35,40)(H,36,42). The Balaban J connectivity index is 1.74. The third-order valence-corrected chi connectivity index (χ3v) is 7.47. The molecule has 0 aliphatic heterocycles. The number of nitrogens with one attached hydrogen (secondary N) is 2. The number of aromatic hydroxyl groups is 1. The maximum Gasteiger partial charge on any atom is 0.408 e. The molecule has 10 nitrogen and oxygen atoms in total. The molecule has 4 amide bonds. The van der Waals surface area contributed by atoms with Crippen molar-refractivity contribution in [3.05, 3.63) is 71.8 Å². The topological polar surface area (TPSA) is 151 Å². The first kappa shape index (κ1) is 31.3. The highest BCUT2D eigenvalue weighted by Crippen LogP contribution is 2.36. The number of carbonyl (C=O) groups excluding carboxylic acids is 4. The van der Waals surface area contributed by atoms with E-state index in [1.807, 2.05) is 36.4 Å². The van der Waals surface area contributed by atoms with Gasteiger partial charge in [0.1, 0.15) is 23.4 Å². The number of anilines is 1. The van der Waals surface area contributed by atoms with E-state index < -0.39 is 41.5 Å². The SMILES string of the molecule is Cc1cc(C(C(=O)Nc2ccc3ccccc3c2)N(C(=O)C(CCC(N)=O)NC(=O)OC(C)(C)C)C2CCC2)ccc1O. The number of fused-ring (bicyclic) bond motifs is 1. The average molecular weight is 589 g/mol. The van der Waals surface area contributed by atoms with Crippen molar-refractivity contribution in [3.63, 3.8) is 0 Å². The van der Waals surface area contributed by atoms with E-state index >= 15 is 0 Å². The Labute approximate surface area is 251 Å². The number of aryl methyl sites for hydroxylation is 1. The Kier molecular flexibility index (Phi) is 9.58. The fourth-order valence-corrected chi connectivity index (χ4v) is 5.12. The summed E-state index contributed by atoms with van der Waals surface area (Å²) < 4.78 is 5.40. The number of benzene rings is 3. The zero-order valence-corrected chi connectivity index (χ0v) is 25.1. The molecule has 0 heterocycles. The zero-order chi connectivity index (χ0) is 31.3. The van der Waals surface area contributed by atoms with Crippen LogP contribution in [0.1, 0.15) is 70.0 Å². The summed E-state index contributed by atoms with van der Waals surface area (Å²) in [5.41, 5.74) is 6.19. The van der Waals surface area contributed by atoms with Crippen molar-refractivity contribution in [3.8, 4) is 5.75 Å². The van der Waals surface area contributed by atoms with Crippen LogP contribution in [0.4, 0.5) is 10.5 Å². The molecule has 2 atom stereocenters. The molecule has 43 heavy (non-hydrogen) atoms. The van der Waals surface area contributed by atoms with E-state index in [1.54, 1.807) is 45.9 Å². The van der Waals surface area contributed by atoms with E-state index in [-0.39, 0.29) is 24.6 Å². The second kappa shape index (κ2) is 13.1. The molecule has 1 fully saturated rings. The highest BCUT2D eigenvalue weighted by Gasteiger charge is 2.42. The number of nitrogens with two attached hydrogens (primary N) is 1. The Morgan fingerprint density at radius 2 is 1.72 bits per heavy atom. The van der Waals surface area contributed by atoms with Crippen LogP contribution in [-0.2, 0) is 19.1 Å². The van der Waals surface area contributed by atoms with Crippen molar-refractivity contribution >= 4 is 40.3 Å². The van der Waals surface area contributed by atoms with E-state index in [1.165, 1.54) is 11.0 Å². The molecule has 0 bridgehead atoms. The largest absolute Gasteiger partial charge is 0.508 e. The molecule has 0 aromatic heterocycles. The van der Waals surface area contributed by atoms with Gasteiger partial charge in [0.2, 0.25) is 11.8 Å². The number of rotatable bonds is 10. The van der Waals surface area contributed by atoms with Crippen molar-refractivity contribution in [2.45, 2.75) is 83.5 Å². The van der Waals surface area contributed by atoms with Gasteiger partial charge in [0.15, 0.2) is 0 Å². The van der Waals surface area contributed by atoms with Crippen molar-refractivity contribution in [1.29, 1.82) is 0 Å². The fraction of sp³-hybridized carbons (Fsp3) is 0.394. The van der Waals surface area contributed by atoms with Crippen LogP contribution in [0.3, 0.4) is 0 Å². The second-order valence-electron chi connectivity index (χ2n) is 12.0. The van der Waals surface area contributed by atoms with Gasteiger partial charge in [-0.25, -0.2) is 4.79 Å². The number of phenolic OH excluding ortho intramolecular Hbond substituents is 1. The second-order valence-corrected chi connectivity index (χ2v) is 12.0. The van der Waals surface area contributed by atoms with Gasteiger partial charge in [-0.15, -0.1) is 0 Å². The lowest BCUT2D eigenvalue weighted by Crippen LogP contribution is -2.57. The lowest BCUT2D eigenvalue weighted by atomic mass is 9.87. The third-order valence-electron chi connectivity index (χ3n) is 7.47. The number of alkyl carbamates (subject to hydrolysis) is 1. The van der Waals surface area contributed by atoms with Gasteiger partial charge in [-0.05, 0) is 99.5 Å². The molecule has 1 saturated carbocycles. The van der Waals surface area contributed by atoms with Crippen LogP contribution in [0.5, 0.6) is 5.75 Å². The van der Waals surface area contributed by atoms with Crippen molar-refractivity contribution in [2.24, 2.45) is 5.73 Å². The third kappa shape index (κ3) is 8.03. The van der Waals surface area contributed by atoms with Gasteiger partial charge < -0.3 is 31.1 Å². The average Bonchev–Trinajstić information content (AvgIpc) is 2.90. The smallest absolute Gasteiger partial charge is 0.408 e. The van der Waals surface area contributed by atoms with Crippen LogP contribution in [0.15, 0.2) is 60.7 Å². The van der Waals surface area contributed by atoms with Gasteiger partial charge in [0.05, 0.1) is 0 Å². The van der Waals surface area contributed by atoms with E-state index in [4.69, 9.17) is 10.5 Å². The number of nitrogens with zero attached hydrogens (tertiary/aromatic N) is 1. The van der Waals surface area contributed by atoms with Crippen LogP contribution in [0.2, 0.25) is 0 Å². The molecule has 2 unspecified atom stereocenters. The van der Waals surface area contributed by atoms with E-state index in [0.717, 1.165) is 17.2 Å². The number of primary amides is 1. The first-order valence-corrected chi connectivity index (χ1v) is 14.5. The lowest BCUT2D eigenvalue weighted by molar-refractivity contribution is -0.146. The number of hydrogen-bond acceptors (Lipinski definition) is 6. The molecule has 4 rings (SSSR count). The van der Waals surface area contributed by atoms with Crippen LogP contribution in [0.25, 0.3) is 10.8 Å². The number of phenols is 1. The quantitative estimate of drug-likeness (QED) is 0.260. The predicted octanol–water partition coefficient (Wildman–Crippen LogP) is 5.07. The summed E-state index contributed by atoms with van der Waals surface area (Å²) in [6, 6.07) is 15.6. The molecular weight excluding hydrogens is 548 g/mol. The van der Waals surface area contributed by atoms with Crippen LogP contribution < -0.4 is 16.4 Å². The Hall–Kier alpha value is -4.60. The van der Waals surface area contributed by atoms with Gasteiger partial charge in [0.25, 0.3) is 5.91 Å². The highest BCUT2D eigenvalue weighted by atomic mass is 16.6. The molecule has 10 heteroatoms. The summed E-state index contributed by atoms with van der Waals surface area (Å²) in [6.45, 7) is 6.82. The normalized spacial score (nSPS) is 14.7. The van der Waals surface area contributed by atoms with Gasteiger partial charge in [-0.1, -0.05) is 36.4 Å². The van der Waals surface area contributed by atoms with Crippen LogP contribution in [0, 0.1) is 6.92 Å². The minimum absolute atomic E-state index is 0.0601. The summed E-state index contributed by atoms with van der Waals surface area (Å²) in [6.07, 6.45) is 1.16. The van der Waals surface area contributed by atoms with E-state index in [2.05, 4.69) is 10.6 Å². The molecule has 228 valence electrons. The van der Waals surface area contributed by atoms with E-state index in [0.29, 0.717) is 29.7 Å². The Bertz CT molecular complexity index is 1510. The summed E-state index contributed by atoms with van der Waals surface area (Å²) >= 11 is 0. The summed E-state index contributed by atoms with van der Waals surface area (Å²) in [7, 11) is 0. The summed E-state index contributed by atoms with van der Waals surface area (Å²) in [5.74, 6) is -1.55. The predicted molar refractivity (Wildman–Crippen MR) is 164 cm³/mol. The van der Waals surface area contributed by atoms with Crippen molar-refractivity contribution in [1.82, 2.24) is 10.2 Å². The monoisotopic (exact) mass is 588 g/mol. The van der Waals surface area contributed by atoms with Crippen molar-refractivity contribution < 1.29 is 29.0 Å². The minimum atomic E-state index is -1.17. The minimum Gasteiger partial charge on any atom is -0.508 e. The van der Waals surface area contributed by atoms with Gasteiger partial charge >= 0.3 is 6.09 Å². The molecule has 1 aliphatic rings. The Morgan fingerprint density at radius 3 is 2.33 bits per heavy atom. The summed E-state index contributed by atoms with van der Waals surface area (Å²) in [4.78, 5) is 54.5. The Morgan fingerprint density at radius 1 is 1.02 bits per heavy atom. The number of carbonyl (C=O) groups is 4. The zero-order valence-electron chi connectivity index (χ0n) is 25.1. The molecule has 5 N–H and O–H groups in total. The molecule has 0 radical (unpaired) electrons. The summed E-state index contributed by atoms with van der Waals surface area (Å²) in [5, 5.41) is 17.8. The van der Waals surface area contributed by atoms with Gasteiger partial charge in [0, 0.05) is 18.2 Å². The number of amides is 4. The lowest BCUT2D eigenvalue weighted by Gasteiger charge is -2.43. The van der Waals surface area contributed by atoms with Crippen molar-refractivity contribution in [2.75, 3.05) is 5.32 Å². The molecule has 3 aromatic carbocycles. The number of ether oxygens (including phenoxy) is 1.